The molecule has 2 aromatic rings. The fourth-order valence-electron chi connectivity index (χ4n) is 4.67. The lowest BCUT2D eigenvalue weighted by atomic mass is 9.88. The summed E-state index contributed by atoms with van der Waals surface area (Å²) in [5.74, 6) is 0. The summed E-state index contributed by atoms with van der Waals surface area (Å²) in [7, 11) is 2.19. The van der Waals surface area contributed by atoms with Crippen molar-refractivity contribution in [2.45, 2.75) is 30.8 Å². The maximum atomic E-state index is 6.25. The molecule has 3 heterocycles. The summed E-state index contributed by atoms with van der Waals surface area (Å²) >= 11 is 0. The van der Waals surface area contributed by atoms with E-state index in [1.165, 1.54) is 16.7 Å². The first kappa shape index (κ1) is 16.8. The smallest absolute Gasteiger partial charge is 0.288 e. The number of hydrogen-bond acceptors (Lipinski definition) is 4. The molecule has 0 unspecified atom stereocenters. The number of amidine groups is 1. The maximum Gasteiger partial charge on any atom is 0.288 e. The van der Waals surface area contributed by atoms with Crippen molar-refractivity contribution in [2.24, 2.45) is 4.99 Å². The van der Waals surface area contributed by atoms with Gasteiger partial charge in [0.05, 0.1) is 6.04 Å². The molecule has 0 bridgehead atoms. The van der Waals surface area contributed by atoms with Crippen LogP contribution in [0.5, 0.6) is 0 Å². The van der Waals surface area contributed by atoms with Gasteiger partial charge in [0.25, 0.3) is 6.02 Å². The minimum Gasteiger partial charge on any atom is -0.463 e. The summed E-state index contributed by atoms with van der Waals surface area (Å²) in [4.78, 5) is 9.96. The van der Waals surface area contributed by atoms with Gasteiger partial charge in [-0.1, -0.05) is 54.6 Å². The molecule has 3 aliphatic rings. The summed E-state index contributed by atoms with van der Waals surface area (Å²) < 4.78 is 6.25. The second kappa shape index (κ2) is 6.68. The molecule has 140 valence electrons. The highest BCUT2D eigenvalue weighted by atomic mass is 16.5. The van der Waals surface area contributed by atoms with E-state index in [1.807, 2.05) is 0 Å². The third-order valence-electron chi connectivity index (χ3n) is 6.36. The van der Waals surface area contributed by atoms with Crippen LogP contribution in [-0.4, -0.2) is 54.6 Å². The van der Waals surface area contributed by atoms with Crippen molar-refractivity contribution in [1.29, 1.82) is 0 Å². The molecule has 3 aliphatic heterocycles. The number of fused-ring (bicyclic) bond motifs is 1. The highest BCUT2D eigenvalue weighted by molar-refractivity contribution is 5.78. The van der Waals surface area contributed by atoms with Crippen molar-refractivity contribution in [2.75, 3.05) is 33.3 Å². The molecule has 0 N–H and O–H groups in total. The number of piperidine rings is 1. The fourth-order valence-corrected chi connectivity index (χ4v) is 4.67. The highest BCUT2D eigenvalue weighted by Crippen LogP contribution is 2.38. The van der Waals surface area contributed by atoms with Gasteiger partial charge < -0.3 is 14.5 Å². The molecule has 2 aromatic carbocycles. The van der Waals surface area contributed by atoms with E-state index in [2.05, 4.69) is 71.4 Å². The maximum absolute atomic E-state index is 6.25. The number of aliphatic imine (C=N–C) groups is 1. The predicted molar refractivity (Wildman–Crippen MR) is 108 cm³/mol. The van der Waals surface area contributed by atoms with E-state index in [9.17, 15) is 0 Å². The molecule has 1 fully saturated rings. The second-order valence-corrected chi connectivity index (χ2v) is 8.17. The lowest BCUT2D eigenvalue weighted by molar-refractivity contribution is 0.145. The quantitative estimate of drug-likeness (QED) is 0.778. The minimum absolute atomic E-state index is 0.0138. The van der Waals surface area contributed by atoms with Gasteiger partial charge in [-0.05, 0) is 43.0 Å². The molecule has 27 heavy (non-hydrogen) atoms. The molecule has 0 aromatic heterocycles. The lowest BCUT2D eigenvalue weighted by Crippen LogP contribution is -2.42. The molecule has 1 saturated heterocycles. The molecule has 4 nitrogen and oxygen atoms in total. The van der Waals surface area contributed by atoms with Crippen LogP contribution >= 0.6 is 0 Å². The van der Waals surface area contributed by atoms with E-state index < -0.39 is 0 Å². The number of benzene rings is 2. The Morgan fingerprint density at radius 2 is 1.70 bits per heavy atom. The fraction of sp³-hybridized carbons (Fsp3) is 0.435. The van der Waals surface area contributed by atoms with Crippen LogP contribution in [0, 0.1) is 0 Å². The van der Waals surface area contributed by atoms with Crippen molar-refractivity contribution in [1.82, 2.24) is 9.80 Å². The van der Waals surface area contributed by atoms with Crippen molar-refractivity contribution >= 4 is 6.02 Å². The minimum atomic E-state index is -0.0138. The molecule has 0 saturated carbocycles. The van der Waals surface area contributed by atoms with Gasteiger partial charge in [0.15, 0.2) is 0 Å². The summed E-state index contributed by atoms with van der Waals surface area (Å²) in [6.07, 6.45) is 3.22. The van der Waals surface area contributed by atoms with Gasteiger partial charge in [-0.15, -0.1) is 0 Å². The number of rotatable bonds is 1. The Hall–Kier alpha value is -2.33. The zero-order valence-corrected chi connectivity index (χ0v) is 16.0. The highest BCUT2D eigenvalue weighted by Gasteiger charge is 2.42. The molecule has 1 atom stereocenters. The topological polar surface area (TPSA) is 28.1 Å². The van der Waals surface area contributed by atoms with Crippen LogP contribution in [0.3, 0.4) is 0 Å². The van der Waals surface area contributed by atoms with Gasteiger partial charge in [-0.25, -0.2) is 4.99 Å². The van der Waals surface area contributed by atoms with Gasteiger partial charge in [0.2, 0.25) is 0 Å². The van der Waals surface area contributed by atoms with Gasteiger partial charge in [-0.2, -0.15) is 0 Å². The van der Waals surface area contributed by atoms with Crippen molar-refractivity contribution in [3.63, 3.8) is 0 Å². The second-order valence-electron chi connectivity index (χ2n) is 8.17. The molecular formula is C23H27N3O. The number of nitrogens with zero attached hydrogens (tertiary/aromatic N) is 3. The van der Waals surface area contributed by atoms with Gasteiger partial charge >= 0.3 is 0 Å². The van der Waals surface area contributed by atoms with Gasteiger partial charge in [0, 0.05) is 19.6 Å². The molecule has 1 spiro atoms. The SMILES string of the molecule is CN1CCC2(CC1)COC(N1CCc3ccccc3[C@@H]1c1ccccc1)=N2. The predicted octanol–water partition coefficient (Wildman–Crippen LogP) is 3.48. The van der Waals surface area contributed by atoms with Crippen LogP contribution in [0.4, 0.5) is 0 Å². The largest absolute Gasteiger partial charge is 0.463 e. The third-order valence-corrected chi connectivity index (χ3v) is 6.36. The normalized spacial score (nSPS) is 24.4. The Labute approximate surface area is 161 Å². The zero-order chi connectivity index (χ0) is 18.3. The Bertz CT molecular complexity index is 840. The Balaban J connectivity index is 1.52. The molecule has 4 heteroatoms. The standard InChI is InChI=1S/C23H27N3O/c1-25-15-12-23(13-16-25)17-27-22(24-23)26-14-11-18-7-5-6-10-20(18)21(26)19-8-3-2-4-9-19/h2-10,21H,11-17H2,1H3/t21-/m0/s1. The van der Waals surface area contributed by atoms with Crippen LogP contribution in [0.25, 0.3) is 0 Å². The van der Waals surface area contributed by atoms with E-state index in [1.54, 1.807) is 0 Å². The number of likely N-dealkylation sites (tertiary alicyclic amines) is 1. The number of hydrogen-bond donors (Lipinski definition) is 0. The van der Waals surface area contributed by atoms with Crippen molar-refractivity contribution in [3.8, 4) is 0 Å². The van der Waals surface area contributed by atoms with E-state index in [4.69, 9.17) is 9.73 Å². The van der Waals surface area contributed by atoms with E-state index >= 15 is 0 Å². The van der Waals surface area contributed by atoms with E-state index in [0.29, 0.717) is 0 Å². The summed E-state index contributed by atoms with van der Waals surface area (Å²) in [6, 6.07) is 20.6. The van der Waals surface area contributed by atoms with Gasteiger partial charge in [0.1, 0.15) is 12.1 Å². The first-order valence-electron chi connectivity index (χ1n) is 10.0. The van der Waals surface area contributed by atoms with Crippen molar-refractivity contribution in [3.05, 3.63) is 71.3 Å². The van der Waals surface area contributed by atoms with Crippen LogP contribution in [0.15, 0.2) is 59.6 Å². The van der Waals surface area contributed by atoms with Crippen LogP contribution in [-0.2, 0) is 11.2 Å². The molecule has 0 radical (unpaired) electrons. The first-order chi connectivity index (χ1) is 13.2. The van der Waals surface area contributed by atoms with Gasteiger partial charge in [-0.3, -0.25) is 0 Å². The average molecular weight is 361 g/mol. The number of ether oxygens (including phenoxy) is 1. The van der Waals surface area contributed by atoms with Crippen LogP contribution in [0.1, 0.15) is 35.6 Å². The lowest BCUT2D eigenvalue weighted by Gasteiger charge is -2.38. The zero-order valence-electron chi connectivity index (χ0n) is 16.0. The average Bonchev–Trinajstić information content (AvgIpc) is 3.14. The van der Waals surface area contributed by atoms with E-state index in [-0.39, 0.29) is 11.6 Å². The van der Waals surface area contributed by atoms with Crippen LogP contribution < -0.4 is 0 Å². The first-order valence-corrected chi connectivity index (χ1v) is 10.0. The molecule has 0 aliphatic carbocycles. The van der Waals surface area contributed by atoms with E-state index in [0.717, 1.165) is 51.5 Å². The summed E-state index contributed by atoms with van der Waals surface area (Å²) in [5.41, 5.74) is 4.11. The Kier molecular flexibility index (Phi) is 4.16. The van der Waals surface area contributed by atoms with Crippen LogP contribution in [0.2, 0.25) is 0 Å². The molecule has 5 rings (SSSR count). The monoisotopic (exact) mass is 361 g/mol. The summed E-state index contributed by atoms with van der Waals surface area (Å²) in [5, 5.41) is 0. The van der Waals surface area contributed by atoms with Crippen molar-refractivity contribution < 1.29 is 4.74 Å². The third kappa shape index (κ3) is 3.02. The Morgan fingerprint density at radius 1 is 0.963 bits per heavy atom. The Morgan fingerprint density at radius 3 is 2.52 bits per heavy atom. The summed E-state index contributed by atoms with van der Waals surface area (Å²) in [6.45, 7) is 3.89. The molecular weight excluding hydrogens is 334 g/mol. The molecule has 0 amide bonds.